The first kappa shape index (κ1) is 28.3. The van der Waals surface area contributed by atoms with Gasteiger partial charge < -0.3 is 24.6 Å². The zero-order valence-electron chi connectivity index (χ0n) is 21.0. The van der Waals surface area contributed by atoms with Gasteiger partial charge in [0, 0.05) is 49.4 Å². The molecule has 0 radical (unpaired) electrons. The number of aliphatic hydroxyl groups excluding tert-OH is 1. The number of piperidine rings is 1. The molecular weight excluding hydrogens is 539 g/mol. The van der Waals surface area contributed by atoms with Gasteiger partial charge in [-0.25, -0.2) is 8.78 Å². The smallest absolute Gasteiger partial charge is 0.256 e. The minimum absolute atomic E-state index is 0.00196. The Kier molecular flexibility index (Phi) is 8.92. The number of aliphatic hydroxyl groups is 1. The van der Waals surface area contributed by atoms with Gasteiger partial charge in [0.05, 0.1) is 15.6 Å². The van der Waals surface area contributed by atoms with E-state index in [1.165, 1.54) is 30.5 Å². The maximum absolute atomic E-state index is 14.1. The lowest BCUT2D eigenvalue weighted by atomic mass is 10.0. The molecule has 1 aliphatic rings. The molecule has 7 nitrogen and oxygen atoms in total. The Morgan fingerprint density at radius 1 is 1.13 bits per heavy atom. The number of amides is 1. The lowest BCUT2D eigenvalue weighted by Gasteiger charge is -2.33. The molecule has 1 aromatic heterocycles. The highest BCUT2D eigenvalue weighted by atomic mass is 35.5. The second-order valence-corrected chi connectivity index (χ2v) is 10.6. The SMILES string of the molecule is CC(C)n1cc(C(=O)NC2CCN(C[C@H](O)COc3ccc(Cl)c(F)c3)CC2)c(=O)c2cc(F)c(Cl)cc21. The van der Waals surface area contributed by atoms with Crippen molar-refractivity contribution in [2.75, 3.05) is 26.2 Å². The summed E-state index contributed by atoms with van der Waals surface area (Å²) in [5.74, 6) is -1.54. The lowest BCUT2D eigenvalue weighted by molar-refractivity contribution is 0.0567. The average molecular weight is 568 g/mol. The van der Waals surface area contributed by atoms with Crippen molar-refractivity contribution in [3.05, 3.63) is 74.0 Å². The van der Waals surface area contributed by atoms with Gasteiger partial charge in [0.1, 0.15) is 35.7 Å². The molecule has 4 rings (SSSR count). The predicted octanol–water partition coefficient (Wildman–Crippen LogP) is 4.80. The molecule has 0 unspecified atom stereocenters. The molecule has 11 heteroatoms. The van der Waals surface area contributed by atoms with Crippen LogP contribution in [0.25, 0.3) is 10.9 Å². The van der Waals surface area contributed by atoms with Crippen LogP contribution in [-0.4, -0.2) is 58.9 Å². The van der Waals surface area contributed by atoms with Crippen LogP contribution in [-0.2, 0) is 0 Å². The van der Waals surface area contributed by atoms with Crippen LogP contribution in [0, 0.1) is 11.6 Å². The minimum atomic E-state index is -0.791. The Morgan fingerprint density at radius 3 is 2.47 bits per heavy atom. The van der Waals surface area contributed by atoms with Gasteiger partial charge in [-0.2, -0.15) is 0 Å². The fraction of sp³-hybridized carbons (Fsp3) is 0.407. The van der Waals surface area contributed by atoms with E-state index in [1.807, 2.05) is 18.7 Å². The second kappa shape index (κ2) is 12.0. The van der Waals surface area contributed by atoms with E-state index in [2.05, 4.69) is 5.32 Å². The number of pyridine rings is 1. The van der Waals surface area contributed by atoms with Gasteiger partial charge in [-0.3, -0.25) is 9.59 Å². The average Bonchev–Trinajstić information content (AvgIpc) is 2.87. The summed E-state index contributed by atoms with van der Waals surface area (Å²) >= 11 is 11.6. The van der Waals surface area contributed by atoms with Crippen molar-refractivity contribution in [2.45, 2.75) is 44.9 Å². The number of carbonyl (C=O) groups excluding carboxylic acids is 1. The number of fused-ring (bicyclic) bond motifs is 1. The highest BCUT2D eigenvalue weighted by Crippen LogP contribution is 2.24. The standard InChI is InChI=1S/C27H29Cl2F2N3O4/c1-15(2)34-13-20(26(36)19-10-24(31)22(29)11-25(19)34)27(37)32-16-5-7-33(8-6-16)12-17(35)14-38-18-3-4-21(28)23(30)9-18/h3-4,9-11,13,15-17,35H,5-8,12,14H2,1-2H3,(H,32,37)/t17-/m0/s1. The van der Waals surface area contributed by atoms with E-state index in [0.29, 0.717) is 38.0 Å². The monoisotopic (exact) mass is 567 g/mol. The summed E-state index contributed by atoms with van der Waals surface area (Å²) in [5.41, 5.74) is -0.141. The quantitative estimate of drug-likeness (QED) is 0.408. The van der Waals surface area contributed by atoms with Crippen LogP contribution in [0.5, 0.6) is 5.75 Å². The second-order valence-electron chi connectivity index (χ2n) is 9.75. The van der Waals surface area contributed by atoms with E-state index < -0.39 is 29.1 Å². The van der Waals surface area contributed by atoms with Gasteiger partial charge in [0.15, 0.2) is 0 Å². The van der Waals surface area contributed by atoms with Crippen LogP contribution in [0.2, 0.25) is 10.0 Å². The topological polar surface area (TPSA) is 83.8 Å². The number of carbonyl (C=O) groups is 1. The largest absolute Gasteiger partial charge is 0.491 e. The number of benzene rings is 2. The van der Waals surface area contributed by atoms with Crippen molar-refractivity contribution < 1.29 is 23.4 Å². The first-order valence-corrected chi connectivity index (χ1v) is 13.1. The summed E-state index contributed by atoms with van der Waals surface area (Å²) in [6.45, 7) is 5.38. The first-order chi connectivity index (χ1) is 18.0. The van der Waals surface area contributed by atoms with Crippen LogP contribution in [0.3, 0.4) is 0 Å². The molecule has 1 atom stereocenters. The van der Waals surface area contributed by atoms with E-state index >= 15 is 0 Å². The molecule has 1 saturated heterocycles. The van der Waals surface area contributed by atoms with Crippen LogP contribution < -0.4 is 15.5 Å². The molecule has 1 fully saturated rings. The highest BCUT2D eigenvalue weighted by Gasteiger charge is 2.25. The Balaban J connectivity index is 1.34. The summed E-state index contributed by atoms with van der Waals surface area (Å²) in [6, 6.07) is 6.31. The molecule has 2 heterocycles. The maximum atomic E-state index is 14.1. The van der Waals surface area contributed by atoms with Gasteiger partial charge >= 0.3 is 0 Å². The number of likely N-dealkylation sites (tertiary alicyclic amines) is 1. The number of hydrogen-bond donors (Lipinski definition) is 2. The van der Waals surface area contributed by atoms with Crippen molar-refractivity contribution >= 4 is 40.0 Å². The molecular formula is C27H29Cl2F2N3O4. The number of aromatic nitrogens is 1. The Morgan fingerprint density at radius 2 is 1.82 bits per heavy atom. The predicted molar refractivity (Wildman–Crippen MR) is 143 cm³/mol. The molecule has 2 N–H and O–H groups in total. The van der Waals surface area contributed by atoms with E-state index in [1.54, 1.807) is 4.57 Å². The number of β-amino-alcohol motifs (C(OH)–C–C–N with tert-alkyl or cyclic N) is 1. The summed E-state index contributed by atoms with van der Waals surface area (Å²) in [7, 11) is 0. The van der Waals surface area contributed by atoms with Crippen molar-refractivity contribution in [3.8, 4) is 5.75 Å². The maximum Gasteiger partial charge on any atom is 0.256 e. The van der Waals surface area contributed by atoms with Crippen LogP contribution in [0.1, 0.15) is 43.1 Å². The Labute approximate surface area is 228 Å². The van der Waals surface area contributed by atoms with Gasteiger partial charge in [0.25, 0.3) is 5.91 Å². The minimum Gasteiger partial charge on any atom is -0.491 e. The summed E-state index contributed by atoms with van der Waals surface area (Å²) in [6.07, 6.45) is 1.95. The number of hydrogen-bond acceptors (Lipinski definition) is 5. The van der Waals surface area contributed by atoms with E-state index in [0.717, 1.165) is 6.07 Å². The normalized spacial score (nSPS) is 15.7. The fourth-order valence-electron chi connectivity index (χ4n) is 4.57. The van der Waals surface area contributed by atoms with Gasteiger partial charge in [-0.05, 0) is 51.0 Å². The Hall–Kier alpha value is -2.72. The summed E-state index contributed by atoms with van der Waals surface area (Å²) in [4.78, 5) is 28.2. The number of nitrogens with one attached hydrogen (secondary N) is 1. The molecule has 2 aromatic carbocycles. The van der Waals surface area contributed by atoms with Gasteiger partial charge in [-0.1, -0.05) is 23.2 Å². The van der Waals surface area contributed by atoms with Gasteiger partial charge in [-0.15, -0.1) is 0 Å². The highest BCUT2D eigenvalue weighted by molar-refractivity contribution is 6.31. The van der Waals surface area contributed by atoms with Crippen LogP contribution in [0.15, 0.2) is 41.3 Å². The van der Waals surface area contributed by atoms with E-state index in [9.17, 15) is 23.5 Å². The summed E-state index contributed by atoms with van der Waals surface area (Å²) in [5, 5.41) is 13.3. The molecule has 1 aliphatic heterocycles. The lowest BCUT2D eigenvalue weighted by Crippen LogP contribution is -2.47. The number of rotatable bonds is 8. The molecule has 0 aliphatic carbocycles. The summed E-state index contributed by atoms with van der Waals surface area (Å²) < 4.78 is 34.9. The number of halogens is 4. The number of ether oxygens (including phenoxy) is 1. The molecule has 0 saturated carbocycles. The molecule has 0 bridgehead atoms. The van der Waals surface area contributed by atoms with Gasteiger partial charge in [0.2, 0.25) is 5.43 Å². The zero-order valence-corrected chi connectivity index (χ0v) is 22.5. The first-order valence-electron chi connectivity index (χ1n) is 12.4. The van der Waals surface area contributed by atoms with Crippen molar-refractivity contribution in [1.82, 2.24) is 14.8 Å². The third-order valence-corrected chi connectivity index (χ3v) is 7.20. The third kappa shape index (κ3) is 6.46. The molecule has 3 aromatic rings. The fourth-order valence-corrected chi connectivity index (χ4v) is 4.84. The molecule has 0 spiro atoms. The Bertz CT molecular complexity index is 1390. The molecule has 204 valence electrons. The zero-order chi connectivity index (χ0) is 27.6. The van der Waals surface area contributed by atoms with E-state index in [4.69, 9.17) is 27.9 Å². The molecule has 1 amide bonds. The van der Waals surface area contributed by atoms with Crippen LogP contribution in [0.4, 0.5) is 8.78 Å². The van der Waals surface area contributed by atoms with Crippen LogP contribution >= 0.6 is 23.2 Å². The molecule has 38 heavy (non-hydrogen) atoms. The third-order valence-electron chi connectivity index (χ3n) is 6.60. The van der Waals surface area contributed by atoms with Crippen molar-refractivity contribution in [2.24, 2.45) is 0 Å². The van der Waals surface area contributed by atoms with Crippen molar-refractivity contribution in [3.63, 3.8) is 0 Å². The van der Waals surface area contributed by atoms with Crippen molar-refractivity contribution in [1.29, 1.82) is 0 Å². The van der Waals surface area contributed by atoms with E-state index in [-0.39, 0.29) is 45.4 Å². The number of nitrogens with zero attached hydrogens (tertiary/aromatic N) is 2.